The number of aliphatic hydroxyl groups is 1. The summed E-state index contributed by atoms with van der Waals surface area (Å²) in [6.07, 6.45) is 3.24. The quantitative estimate of drug-likeness (QED) is 0.798. The second-order valence-electron chi connectivity index (χ2n) is 4.89. The molecule has 0 aliphatic heterocycles. The fourth-order valence-corrected chi connectivity index (χ4v) is 1.49. The van der Waals surface area contributed by atoms with E-state index >= 15 is 0 Å². The van der Waals surface area contributed by atoms with Crippen LogP contribution in [-0.2, 0) is 0 Å². The molecule has 0 aliphatic rings. The number of anilines is 2. The first-order valence-electron chi connectivity index (χ1n) is 5.05. The van der Waals surface area contributed by atoms with Crippen LogP contribution in [0.3, 0.4) is 0 Å². The molecular formula is C11H18BrN3O. The third-order valence-corrected chi connectivity index (χ3v) is 3.50. The van der Waals surface area contributed by atoms with E-state index in [1.54, 1.807) is 26.2 Å². The van der Waals surface area contributed by atoms with E-state index in [9.17, 15) is 5.11 Å². The van der Waals surface area contributed by atoms with Crippen LogP contribution in [0.15, 0.2) is 16.9 Å². The van der Waals surface area contributed by atoms with Crippen molar-refractivity contribution >= 4 is 27.3 Å². The van der Waals surface area contributed by atoms with Crippen LogP contribution in [0.2, 0.25) is 0 Å². The highest BCUT2D eigenvalue weighted by Crippen LogP contribution is 2.33. The minimum atomic E-state index is -0.873. The molecule has 0 aliphatic carbocycles. The summed E-state index contributed by atoms with van der Waals surface area (Å²) in [5.41, 5.74) is 5.75. The number of halogens is 1. The smallest absolute Gasteiger partial charge is 0.0814 e. The lowest BCUT2D eigenvalue weighted by Gasteiger charge is -2.39. The van der Waals surface area contributed by atoms with Crippen LogP contribution in [-0.4, -0.2) is 21.2 Å². The van der Waals surface area contributed by atoms with Gasteiger partial charge >= 0.3 is 0 Å². The van der Waals surface area contributed by atoms with Crippen LogP contribution in [0.1, 0.15) is 27.7 Å². The van der Waals surface area contributed by atoms with Gasteiger partial charge in [0.25, 0.3) is 0 Å². The third-order valence-electron chi connectivity index (χ3n) is 2.90. The molecule has 0 bridgehead atoms. The van der Waals surface area contributed by atoms with Gasteiger partial charge < -0.3 is 16.2 Å². The average molecular weight is 288 g/mol. The SMILES string of the molecule is CC(C)(O)C(C)(C)Nc1c(N)cncc1Br. The number of nitrogens with zero attached hydrogens (tertiary/aromatic N) is 1. The van der Waals surface area contributed by atoms with E-state index < -0.39 is 11.1 Å². The van der Waals surface area contributed by atoms with Gasteiger partial charge in [0.1, 0.15) is 0 Å². The Morgan fingerprint density at radius 1 is 1.31 bits per heavy atom. The van der Waals surface area contributed by atoms with Gasteiger partial charge in [-0.15, -0.1) is 0 Å². The molecule has 0 radical (unpaired) electrons. The van der Waals surface area contributed by atoms with Crippen molar-refractivity contribution < 1.29 is 5.11 Å². The van der Waals surface area contributed by atoms with E-state index in [0.29, 0.717) is 5.69 Å². The monoisotopic (exact) mass is 287 g/mol. The van der Waals surface area contributed by atoms with Crippen molar-refractivity contribution in [2.24, 2.45) is 0 Å². The molecule has 5 heteroatoms. The van der Waals surface area contributed by atoms with E-state index in [4.69, 9.17) is 5.73 Å². The van der Waals surface area contributed by atoms with Crippen LogP contribution < -0.4 is 11.1 Å². The lowest BCUT2D eigenvalue weighted by Crippen LogP contribution is -2.51. The molecule has 1 heterocycles. The number of pyridine rings is 1. The molecule has 1 aromatic rings. The molecule has 0 saturated heterocycles. The van der Waals surface area contributed by atoms with Crippen molar-refractivity contribution in [1.29, 1.82) is 0 Å². The van der Waals surface area contributed by atoms with Crippen LogP contribution in [0.25, 0.3) is 0 Å². The Labute approximate surface area is 104 Å². The molecular weight excluding hydrogens is 270 g/mol. The highest BCUT2D eigenvalue weighted by molar-refractivity contribution is 9.10. The predicted octanol–water partition coefficient (Wildman–Crippen LogP) is 2.39. The molecule has 0 aromatic carbocycles. The number of nitrogens with two attached hydrogens (primary N) is 1. The fraction of sp³-hybridized carbons (Fsp3) is 0.545. The van der Waals surface area contributed by atoms with Crippen LogP contribution >= 0.6 is 15.9 Å². The second-order valence-corrected chi connectivity index (χ2v) is 5.75. The zero-order valence-electron chi connectivity index (χ0n) is 10.0. The molecule has 4 N–H and O–H groups in total. The maximum absolute atomic E-state index is 10.1. The minimum Gasteiger partial charge on any atom is -0.396 e. The van der Waals surface area contributed by atoms with E-state index in [1.165, 1.54) is 0 Å². The summed E-state index contributed by atoms with van der Waals surface area (Å²) in [4.78, 5) is 3.96. The molecule has 0 unspecified atom stereocenters. The Bertz CT molecular complexity index is 365. The zero-order chi connectivity index (χ0) is 12.6. The average Bonchev–Trinajstić information content (AvgIpc) is 2.10. The molecule has 90 valence electrons. The summed E-state index contributed by atoms with van der Waals surface area (Å²) in [6.45, 7) is 7.34. The highest BCUT2D eigenvalue weighted by atomic mass is 79.9. The fourth-order valence-electron chi connectivity index (χ4n) is 1.05. The molecule has 0 fully saturated rings. The highest BCUT2D eigenvalue weighted by Gasteiger charge is 2.35. The molecule has 0 atom stereocenters. The summed E-state index contributed by atoms with van der Waals surface area (Å²) >= 11 is 3.38. The van der Waals surface area contributed by atoms with Gasteiger partial charge in [-0.3, -0.25) is 4.98 Å². The number of hydrogen-bond donors (Lipinski definition) is 3. The maximum atomic E-state index is 10.1. The summed E-state index contributed by atoms with van der Waals surface area (Å²) in [5, 5.41) is 13.3. The number of rotatable bonds is 3. The Balaban J connectivity index is 3.06. The molecule has 0 spiro atoms. The first-order valence-corrected chi connectivity index (χ1v) is 5.84. The van der Waals surface area contributed by atoms with Gasteiger partial charge in [0, 0.05) is 6.20 Å². The topological polar surface area (TPSA) is 71.2 Å². The maximum Gasteiger partial charge on any atom is 0.0814 e. The molecule has 0 amide bonds. The van der Waals surface area contributed by atoms with Crippen molar-refractivity contribution in [3.05, 3.63) is 16.9 Å². The summed E-state index contributed by atoms with van der Waals surface area (Å²) in [5.74, 6) is 0. The van der Waals surface area contributed by atoms with Crippen LogP contribution in [0, 0.1) is 0 Å². The standard InChI is InChI=1S/C11H18BrN3O/c1-10(2,11(3,4)16)15-9-7(12)5-14-6-8(9)13/h5-6,16H,13H2,1-4H3,(H,14,15). The van der Waals surface area contributed by atoms with Gasteiger partial charge in [-0.25, -0.2) is 0 Å². The molecule has 16 heavy (non-hydrogen) atoms. The normalized spacial score (nSPS) is 12.6. The number of nitrogen functional groups attached to an aromatic ring is 1. The van der Waals surface area contributed by atoms with Gasteiger partial charge in [-0.2, -0.15) is 0 Å². The zero-order valence-corrected chi connectivity index (χ0v) is 11.6. The Hall–Kier alpha value is -0.810. The molecule has 0 saturated carbocycles. The molecule has 1 rings (SSSR count). The Kier molecular flexibility index (Phi) is 3.50. The van der Waals surface area contributed by atoms with Crippen molar-refractivity contribution in [3.8, 4) is 0 Å². The number of hydrogen-bond acceptors (Lipinski definition) is 4. The molecule has 1 aromatic heterocycles. The summed E-state index contributed by atoms with van der Waals surface area (Å²) in [7, 11) is 0. The Morgan fingerprint density at radius 2 is 1.88 bits per heavy atom. The number of aromatic nitrogens is 1. The lowest BCUT2D eigenvalue weighted by atomic mass is 9.86. The largest absolute Gasteiger partial charge is 0.396 e. The lowest BCUT2D eigenvalue weighted by molar-refractivity contribution is 0.0240. The van der Waals surface area contributed by atoms with E-state index in [2.05, 4.69) is 26.2 Å². The van der Waals surface area contributed by atoms with Gasteiger partial charge in [0.2, 0.25) is 0 Å². The first kappa shape index (κ1) is 13.3. The number of nitrogens with one attached hydrogen (secondary N) is 1. The first-order chi connectivity index (χ1) is 7.15. The summed E-state index contributed by atoms with van der Waals surface area (Å²) < 4.78 is 0.782. The van der Waals surface area contributed by atoms with E-state index in [-0.39, 0.29) is 0 Å². The third kappa shape index (κ3) is 2.65. The van der Waals surface area contributed by atoms with Gasteiger partial charge in [-0.05, 0) is 43.6 Å². The van der Waals surface area contributed by atoms with Crippen LogP contribution in [0.5, 0.6) is 0 Å². The van der Waals surface area contributed by atoms with E-state index in [1.807, 2.05) is 13.8 Å². The van der Waals surface area contributed by atoms with Gasteiger partial charge in [0.15, 0.2) is 0 Å². The summed E-state index contributed by atoms with van der Waals surface area (Å²) in [6, 6.07) is 0. The van der Waals surface area contributed by atoms with Crippen molar-refractivity contribution in [2.75, 3.05) is 11.1 Å². The van der Waals surface area contributed by atoms with E-state index in [0.717, 1.165) is 10.2 Å². The van der Waals surface area contributed by atoms with Crippen molar-refractivity contribution in [2.45, 2.75) is 38.8 Å². The predicted molar refractivity (Wildman–Crippen MR) is 70.3 cm³/mol. The van der Waals surface area contributed by atoms with Gasteiger partial charge in [0.05, 0.1) is 33.2 Å². The second kappa shape index (κ2) is 4.22. The minimum absolute atomic E-state index is 0.509. The van der Waals surface area contributed by atoms with Gasteiger partial charge in [-0.1, -0.05) is 0 Å². The van der Waals surface area contributed by atoms with Crippen molar-refractivity contribution in [3.63, 3.8) is 0 Å². The van der Waals surface area contributed by atoms with Crippen LogP contribution in [0.4, 0.5) is 11.4 Å². The van der Waals surface area contributed by atoms with Crippen molar-refractivity contribution in [1.82, 2.24) is 4.98 Å². The Morgan fingerprint density at radius 3 is 2.31 bits per heavy atom. The molecule has 4 nitrogen and oxygen atoms in total.